The Labute approximate surface area is 386 Å². The molecule has 4 heterocycles. The topological polar surface area (TPSA) is 188 Å². The minimum Gasteiger partial charge on any atom is -0.744 e. The Balaban J connectivity index is 0.00000476. The number of nitrogens with zero attached hydrogens (tertiary/aromatic N) is 6. The van der Waals surface area contributed by atoms with Gasteiger partial charge in [0.1, 0.15) is 35.0 Å². The molecule has 0 unspecified atom stereocenters. The minimum absolute atomic E-state index is 0. The number of fused-ring (bicyclic) bond motifs is 4. The van der Waals surface area contributed by atoms with E-state index >= 15 is 0 Å². The van der Waals surface area contributed by atoms with Gasteiger partial charge >= 0.3 is 29.6 Å². The maximum Gasteiger partial charge on any atom is 1.00 e. The van der Waals surface area contributed by atoms with Crippen molar-refractivity contribution < 1.29 is 55.5 Å². The van der Waals surface area contributed by atoms with Crippen LogP contribution in [0.5, 0.6) is 0 Å². The van der Waals surface area contributed by atoms with Gasteiger partial charge in [0.25, 0.3) is 10.1 Å². The second kappa shape index (κ2) is 15.9. The smallest absolute Gasteiger partial charge is 0.744 e. The van der Waals surface area contributed by atoms with Crippen molar-refractivity contribution in [2.24, 2.45) is 10.2 Å². The summed E-state index contributed by atoms with van der Waals surface area (Å²) in [4.78, 5) is 18.6. The van der Waals surface area contributed by atoms with Crippen molar-refractivity contribution in [1.29, 1.82) is 0 Å². The molecule has 0 saturated carbocycles. The van der Waals surface area contributed by atoms with E-state index in [9.17, 15) is 25.9 Å². The molecule has 0 saturated heterocycles. The molecule has 0 spiro atoms. The van der Waals surface area contributed by atoms with Crippen LogP contribution in [0.2, 0.25) is 0 Å². The van der Waals surface area contributed by atoms with E-state index in [-0.39, 0.29) is 39.3 Å². The number of azo groups is 1. The summed E-state index contributed by atoms with van der Waals surface area (Å²) in [5.41, 5.74) is 8.33. The first kappa shape index (κ1) is 41.6. The molecule has 6 aromatic carbocycles. The van der Waals surface area contributed by atoms with E-state index in [0.717, 1.165) is 52.7 Å². The van der Waals surface area contributed by atoms with Gasteiger partial charge in [0.2, 0.25) is 0 Å². The first-order valence-electron chi connectivity index (χ1n) is 17.9. The minimum atomic E-state index is -4.66. The van der Waals surface area contributed by atoms with E-state index in [0.29, 0.717) is 53.0 Å². The van der Waals surface area contributed by atoms with E-state index in [1.807, 2.05) is 84.9 Å². The third-order valence-corrected chi connectivity index (χ3v) is 16.4. The van der Waals surface area contributed by atoms with Gasteiger partial charge in [-0.25, -0.2) is 28.4 Å². The Morgan fingerprint density at radius 2 is 0.852 bits per heavy atom. The first-order valence-corrected chi connectivity index (χ1v) is 24.0. The zero-order chi connectivity index (χ0) is 41.5. The fourth-order valence-corrected chi connectivity index (χ4v) is 13.4. The van der Waals surface area contributed by atoms with Crippen LogP contribution in [-0.2, 0) is 20.2 Å². The third-order valence-electron chi connectivity index (χ3n) is 9.71. The van der Waals surface area contributed by atoms with Crippen LogP contribution in [0.4, 0.5) is 11.4 Å². The van der Waals surface area contributed by atoms with Crippen molar-refractivity contribution in [3.05, 3.63) is 120 Å². The molecular formula is C42H25N6NaO6S6. The Morgan fingerprint density at radius 3 is 1.28 bits per heavy atom. The van der Waals surface area contributed by atoms with Crippen molar-refractivity contribution in [3.63, 3.8) is 0 Å². The Bertz CT molecular complexity index is 3400. The molecule has 19 heteroatoms. The molecule has 10 rings (SSSR count). The predicted octanol–water partition coefficient (Wildman–Crippen LogP) is 8.98. The molecule has 0 aliphatic rings. The second-order valence-electron chi connectivity index (χ2n) is 13.8. The van der Waals surface area contributed by atoms with Gasteiger partial charge in [-0.05, 0) is 122 Å². The molecule has 61 heavy (non-hydrogen) atoms. The average molecular weight is 925 g/mol. The zero-order valence-corrected chi connectivity index (χ0v) is 38.9. The first-order chi connectivity index (χ1) is 28.7. The summed E-state index contributed by atoms with van der Waals surface area (Å²) in [6.45, 7) is 3.26. The Kier molecular flexibility index (Phi) is 10.8. The standard InChI is InChI=1S/C42H26N6O6S6.Na/c1-21-3-15-31-35(37(21)59(49,50)51)57-41(45-31)25-9-17-29-33(19-25)55-39(43-29)23-5-11-27(12-6-23)47-48-28-13-7-24(8-14-28)40-44-30-18-10-26(20-34(30)56-40)42-46-32-16-4-22(2)38(36(32)58-42)60(52,53)54;/h3-20H,1-2H3,(H,49,50,51)(H,52,53,54);/q;+1/p-1. The van der Waals surface area contributed by atoms with Crippen LogP contribution in [0.15, 0.2) is 129 Å². The Morgan fingerprint density at radius 1 is 0.492 bits per heavy atom. The molecule has 0 fully saturated rings. The van der Waals surface area contributed by atoms with E-state index in [1.165, 1.54) is 45.3 Å². The van der Waals surface area contributed by atoms with Crippen LogP contribution in [0.1, 0.15) is 11.1 Å². The van der Waals surface area contributed by atoms with Crippen molar-refractivity contribution in [2.75, 3.05) is 0 Å². The maximum absolute atomic E-state index is 12.1. The number of hydrogen-bond donors (Lipinski definition) is 1. The summed E-state index contributed by atoms with van der Waals surface area (Å²) in [5.74, 6) is 0. The number of aromatic nitrogens is 4. The third kappa shape index (κ3) is 7.98. The van der Waals surface area contributed by atoms with Gasteiger partial charge in [0.05, 0.1) is 57.1 Å². The van der Waals surface area contributed by atoms with Crippen LogP contribution in [0.25, 0.3) is 83.2 Å². The van der Waals surface area contributed by atoms with E-state index < -0.39 is 20.2 Å². The number of hydrogen-bond acceptors (Lipinski definition) is 15. The van der Waals surface area contributed by atoms with Gasteiger partial charge < -0.3 is 4.55 Å². The molecule has 0 radical (unpaired) electrons. The second-order valence-corrected chi connectivity index (χ2v) is 20.5. The Hall–Kier alpha value is -4.70. The molecule has 0 aliphatic heterocycles. The number of rotatable bonds is 8. The maximum atomic E-state index is 12.1. The van der Waals surface area contributed by atoms with Crippen molar-refractivity contribution in [3.8, 4) is 42.3 Å². The quantitative estimate of drug-likeness (QED) is 0.0875. The molecule has 12 nitrogen and oxygen atoms in total. The van der Waals surface area contributed by atoms with Crippen LogP contribution in [0, 0.1) is 13.8 Å². The molecule has 4 aromatic heterocycles. The molecule has 0 atom stereocenters. The van der Waals surface area contributed by atoms with Crippen LogP contribution >= 0.6 is 45.3 Å². The van der Waals surface area contributed by atoms with Crippen molar-refractivity contribution >= 4 is 118 Å². The fraction of sp³-hybridized carbons (Fsp3) is 0.0476. The number of benzene rings is 6. The molecule has 1 N–H and O–H groups in total. The SMILES string of the molecule is Cc1ccc2nc(-c3ccc4nc(-c5ccc(N=Nc6ccc(-c7nc8ccc(-c9nc%10ccc(C)c(S(=O)(=O)O)c%10s9)cc8s7)cc6)cc5)sc4c3)sc2c1S(=O)(=O)[O-].[Na+]. The molecular weight excluding hydrogens is 900 g/mol. The van der Waals surface area contributed by atoms with Gasteiger partial charge in [0, 0.05) is 22.3 Å². The summed E-state index contributed by atoms with van der Waals surface area (Å²) in [5, 5.41) is 11.8. The molecule has 0 bridgehead atoms. The number of aryl methyl sites for hydroxylation is 2. The summed E-state index contributed by atoms with van der Waals surface area (Å²) in [6.07, 6.45) is 0. The molecule has 0 aliphatic carbocycles. The van der Waals surface area contributed by atoms with Gasteiger partial charge in [-0.3, -0.25) is 4.55 Å². The van der Waals surface area contributed by atoms with Crippen LogP contribution in [-0.4, -0.2) is 45.9 Å². The largest absolute Gasteiger partial charge is 1.00 e. The van der Waals surface area contributed by atoms with Gasteiger partial charge in [-0.15, -0.1) is 45.3 Å². The van der Waals surface area contributed by atoms with Crippen molar-refractivity contribution in [2.45, 2.75) is 23.6 Å². The van der Waals surface area contributed by atoms with Gasteiger partial charge in [0.15, 0.2) is 0 Å². The summed E-state index contributed by atoms with van der Waals surface area (Å²) in [7, 11) is -9.07. The van der Waals surface area contributed by atoms with E-state index in [2.05, 4.69) is 20.2 Å². The van der Waals surface area contributed by atoms with Crippen molar-refractivity contribution in [1.82, 2.24) is 19.9 Å². The zero-order valence-electron chi connectivity index (χ0n) is 32.0. The fourth-order valence-electron chi connectivity index (χ4n) is 6.83. The number of thiazole rings is 4. The van der Waals surface area contributed by atoms with Crippen LogP contribution < -0.4 is 29.6 Å². The normalized spacial score (nSPS) is 12.3. The predicted molar refractivity (Wildman–Crippen MR) is 239 cm³/mol. The summed E-state index contributed by atoms with van der Waals surface area (Å²) < 4.78 is 72.7. The van der Waals surface area contributed by atoms with Gasteiger partial charge in [-0.1, -0.05) is 12.1 Å². The summed E-state index contributed by atoms with van der Waals surface area (Å²) in [6, 6.07) is 33.7. The molecule has 296 valence electrons. The molecule has 0 amide bonds. The monoisotopic (exact) mass is 924 g/mol. The van der Waals surface area contributed by atoms with Crippen LogP contribution in [0.3, 0.4) is 0 Å². The van der Waals surface area contributed by atoms with E-state index in [1.54, 1.807) is 38.1 Å². The van der Waals surface area contributed by atoms with E-state index in [4.69, 9.17) is 9.97 Å². The van der Waals surface area contributed by atoms with Gasteiger partial charge in [-0.2, -0.15) is 18.6 Å². The average Bonchev–Trinajstić information content (AvgIpc) is 4.03. The molecule has 10 aromatic rings. The summed E-state index contributed by atoms with van der Waals surface area (Å²) >= 11 is 5.48.